The number of rotatable bonds is 7. The van der Waals surface area contributed by atoms with Crippen molar-refractivity contribution in [3.8, 4) is 5.88 Å². The van der Waals surface area contributed by atoms with Crippen molar-refractivity contribution in [2.24, 2.45) is 5.73 Å². The number of carbonyl (C=O) groups is 1. The van der Waals surface area contributed by atoms with Gasteiger partial charge in [0.2, 0.25) is 11.8 Å². The van der Waals surface area contributed by atoms with E-state index in [0.717, 1.165) is 6.42 Å². The second kappa shape index (κ2) is 6.57. The Kier molecular flexibility index (Phi) is 5.06. The van der Waals surface area contributed by atoms with Gasteiger partial charge in [0.05, 0.1) is 12.3 Å². The largest absolute Gasteiger partial charge is 0.476 e. The van der Waals surface area contributed by atoms with Crippen LogP contribution in [0.5, 0.6) is 5.88 Å². The van der Waals surface area contributed by atoms with Crippen LogP contribution in [0.25, 0.3) is 0 Å². The highest BCUT2D eigenvalue weighted by Crippen LogP contribution is 2.20. The Labute approximate surface area is 100 Å². The number of ether oxygens (including phenoxy) is 1. The molecule has 0 fully saturated rings. The summed E-state index contributed by atoms with van der Waals surface area (Å²) >= 11 is 0. The molecule has 1 rings (SSSR count). The number of hydrogen-bond donors (Lipinski definition) is 3. The molecule has 1 heterocycles. The SMILES string of the molecule is CCCOc1nc(NCCC(N)=O)ccc1N. The highest BCUT2D eigenvalue weighted by Gasteiger charge is 2.04. The van der Waals surface area contributed by atoms with Gasteiger partial charge in [0.25, 0.3) is 0 Å². The van der Waals surface area contributed by atoms with Gasteiger partial charge >= 0.3 is 0 Å². The lowest BCUT2D eigenvalue weighted by Gasteiger charge is -2.09. The van der Waals surface area contributed by atoms with Gasteiger partial charge in [-0.3, -0.25) is 4.79 Å². The van der Waals surface area contributed by atoms with E-state index in [1.54, 1.807) is 12.1 Å². The molecule has 0 atom stereocenters. The van der Waals surface area contributed by atoms with Crippen LogP contribution in [0.4, 0.5) is 11.5 Å². The quantitative estimate of drug-likeness (QED) is 0.650. The highest BCUT2D eigenvalue weighted by atomic mass is 16.5. The molecule has 1 aromatic rings. The van der Waals surface area contributed by atoms with Gasteiger partial charge in [0.15, 0.2) is 0 Å². The van der Waals surface area contributed by atoms with Crippen molar-refractivity contribution in [3.05, 3.63) is 12.1 Å². The fourth-order valence-electron chi connectivity index (χ4n) is 1.18. The summed E-state index contributed by atoms with van der Waals surface area (Å²) in [7, 11) is 0. The molecule has 0 saturated carbocycles. The summed E-state index contributed by atoms with van der Waals surface area (Å²) in [5.74, 6) is 0.679. The number of nitrogens with two attached hydrogens (primary N) is 2. The van der Waals surface area contributed by atoms with Crippen LogP contribution in [0.3, 0.4) is 0 Å². The van der Waals surface area contributed by atoms with Gasteiger partial charge < -0.3 is 21.5 Å². The molecule has 0 aliphatic heterocycles. The first-order chi connectivity index (χ1) is 8.13. The zero-order chi connectivity index (χ0) is 12.7. The van der Waals surface area contributed by atoms with Crippen LogP contribution in [-0.2, 0) is 4.79 Å². The monoisotopic (exact) mass is 238 g/mol. The van der Waals surface area contributed by atoms with E-state index in [4.69, 9.17) is 16.2 Å². The van der Waals surface area contributed by atoms with Crippen LogP contribution in [0.1, 0.15) is 19.8 Å². The summed E-state index contributed by atoms with van der Waals surface area (Å²) in [6, 6.07) is 3.44. The maximum atomic E-state index is 10.6. The molecule has 0 radical (unpaired) electrons. The van der Waals surface area contributed by atoms with Crippen LogP contribution in [-0.4, -0.2) is 24.0 Å². The summed E-state index contributed by atoms with van der Waals surface area (Å²) in [4.78, 5) is 14.8. The van der Waals surface area contributed by atoms with Gasteiger partial charge in [-0.2, -0.15) is 4.98 Å². The lowest BCUT2D eigenvalue weighted by molar-refractivity contribution is -0.117. The second-order valence-corrected chi connectivity index (χ2v) is 3.58. The van der Waals surface area contributed by atoms with Crippen LogP contribution in [0, 0.1) is 0 Å². The molecule has 94 valence electrons. The second-order valence-electron chi connectivity index (χ2n) is 3.58. The number of nitrogen functional groups attached to an aromatic ring is 1. The lowest BCUT2D eigenvalue weighted by Crippen LogP contribution is -2.16. The van der Waals surface area contributed by atoms with E-state index in [2.05, 4.69) is 10.3 Å². The first kappa shape index (κ1) is 13.1. The van der Waals surface area contributed by atoms with Crippen molar-refractivity contribution in [3.63, 3.8) is 0 Å². The van der Waals surface area contributed by atoms with Crippen molar-refractivity contribution >= 4 is 17.4 Å². The summed E-state index contributed by atoms with van der Waals surface area (Å²) in [6.45, 7) is 3.02. The van der Waals surface area contributed by atoms with Crippen molar-refractivity contribution in [2.75, 3.05) is 24.2 Å². The summed E-state index contributed by atoms with van der Waals surface area (Å²) in [6.07, 6.45) is 1.15. The Bertz CT molecular complexity index is 382. The molecule has 6 heteroatoms. The van der Waals surface area contributed by atoms with Gasteiger partial charge in [-0.25, -0.2) is 0 Å². The molecule has 0 unspecified atom stereocenters. The predicted molar refractivity (Wildman–Crippen MR) is 66.7 cm³/mol. The summed E-state index contributed by atoms with van der Waals surface area (Å²) < 4.78 is 5.39. The molecule has 0 bridgehead atoms. The smallest absolute Gasteiger partial charge is 0.239 e. The Hall–Kier alpha value is -1.98. The highest BCUT2D eigenvalue weighted by molar-refractivity contribution is 5.74. The number of primary amides is 1. The fourth-order valence-corrected chi connectivity index (χ4v) is 1.18. The van der Waals surface area contributed by atoms with Gasteiger partial charge in [-0.05, 0) is 18.6 Å². The number of nitrogens with one attached hydrogen (secondary N) is 1. The van der Waals surface area contributed by atoms with E-state index in [1.165, 1.54) is 0 Å². The van der Waals surface area contributed by atoms with Crippen LogP contribution in [0.15, 0.2) is 12.1 Å². The zero-order valence-corrected chi connectivity index (χ0v) is 9.90. The molecular formula is C11H18N4O2. The van der Waals surface area contributed by atoms with E-state index < -0.39 is 0 Å². The van der Waals surface area contributed by atoms with Gasteiger partial charge in [-0.1, -0.05) is 6.92 Å². The third-order valence-corrected chi connectivity index (χ3v) is 2.01. The molecule has 0 aromatic carbocycles. The topological polar surface area (TPSA) is 103 Å². The molecule has 1 aromatic heterocycles. The molecule has 1 amide bonds. The number of carbonyl (C=O) groups excluding carboxylic acids is 1. The van der Waals surface area contributed by atoms with Crippen LogP contribution in [0.2, 0.25) is 0 Å². The van der Waals surface area contributed by atoms with E-state index >= 15 is 0 Å². The molecule has 5 N–H and O–H groups in total. The normalized spacial score (nSPS) is 9.94. The third kappa shape index (κ3) is 4.58. The minimum atomic E-state index is -0.351. The molecule has 0 aliphatic carbocycles. The summed E-state index contributed by atoms with van der Waals surface area (Å²) in [5, 5.41) is 2.97. The standard InChI is InChI=1S/C11H18N4O2/c1-2-7-17-11-8(12)3-4-10(15-11)14-6-5-9(13)16/h3-4H,2,5-7,12H2,1H3,(H2,13,16)(H,14,15). The lowest BCUT2D eigenvalue weighted by atomic mass is 10.3. The van der Waals surface area contributed by atoms with Crippen molar-refractivity contribution in [1.82, 2.24) is 4.98 Å². The number of pyridine rings is 1. The number of anilines is 2. The van der Waals surface area contributed by atoms with Crippen molar-refractivity contribution in [1.29, 1.82) is 0 Å². The predicted octanol–water partition coefficient (Wildman–Crippen LogP) is 0.740. The van der Waals surface area contributed by atoms with Gasteiger partial charge in [-0.15, -0.1) is 0 Å². The Balaban J connectivity index is 2.58. The zero-order valence-electron chi connectivity index (χ0n) is 9.90. The Morgan fingerprint density at radius 2 is 2.29 bits per heavy atom. The molecule has 17 heavy (non-hydrogen) atoms. The van der Waals surface area contributed by atoms with Crippen molar-refractivity contribution < 1.29 is 9.53 Å². The fraction of sp³-hybridized carbons (Fsp3) is 0.455. The number of amides is 1. The van der Waals surface area contributed by atoms with Crippen LogP contribution < -0.4 is 21.5 Å². The third-order valence-electron chi connectivity index (χ3n) is 2.01. The molecule has 0 spiro atoms. The van der Waals surface area contributed by atoms with Crippen LogP contribution >= 0.6 is 0 Å². The first-order valence-corrected chi connectivity index (χ1v) is 5.55. The molecule has 0 aliphatic rings. The molecule has 6 nitrogen and oxygen atoms in total. The maximum Gasteiger partial charge on any atom is 0.239 e. The first-order valence-electron chi connectivity index (χ1n) is 5.55. The average molecular weight is 238 g/mol. The summed E-state index contributed by atoms with van der Waals surface area (Å²) in [5.41, 5.74) is 11.2. The van der Waals surface area contributed by atoms with E-state index in [0.29, 0.717) is 30.5 Å². The Morgan fingerprint density at radius 3 is 2.94 bits per heavy atom. The number of aromatic nitrogens is 1. The number of nitrogens with zero attached hydrogens (tertiary/aromatic N) is 1. The maximum absolute atomic E-state index is 10.6. The molecular weight excluding hydrogens is 220 g/mol. The van der Waals surface area contributed by atoms with Gasteiger partial charge in [0.1, 0.15) is 5.82 Å². The average Bonchev–Trinajstić information content (AvgIpc) is 2.29. The molecule has 0 saturated heterocycles. The van der Waals surface area contributed by atoms with E-state index in [1.807, 2.05) is 6.92 Å². The Morgan fingerprint density at radius 1 is 1.53 bits per heavy atom. The minimum Gasteiger partial charge on any atom is -0.476 e. The number of hydrogen-bond acceptors (Lipinski definition) is 5. The van der Waals surface area contributed by atoms with Crippen molar-refractivity contribution in [2.45, 2.75) is 19.8 Å². The van der Waals surface area contributed by atoms with Gasteiger partial charge in [0, 0.05) is 13.0 Å². The minimum absolute atomic E-state index is 0.261. The van der Waals surface area contributed by atoms with E-state index in [-0.39, 0.29) is 12.3 Å². The van der Waals surface area contributed by atoms with E-state index in [9.17, 15) is 4.79 Å².